The Morgan fingerprint density at radius 1 is 1.07 bits per heavy atom. The number of benzene rings is 2. The van der Waals surface area contributed by atoms with Crippen LogP contribution in [-0.4, -0.2) is 7.11 Å². The zero-order chi connectivity index (χ0) is 10.7. The minimum atomic E-state index is 0.678. The molecule has 0 aliphatic rings. The fourth-order valence-electron chi connectivity index (χ4n) is 1.43. The lowest BCUT2D eigenvalue weighted by Crippen LogP contribution is -1.84. The maximum atomic E-state index is 5.99. The average Bonchev–Trinajstić information content (AvgIpc) is 2.29. The van der Waals surface area contributed by atoms with Crippen molar-refractivity contribution in [2.45, 2.75) is 0 Å². The third-order valence-corrected chi connectivity index (χ3v) is 2.38. The standard InChI is InChI=1S/C13H10ClO/c1-15-13-8-11(7-12(14)9-13)10-5-3-2-4-6-10/h3-9H,1H3. The molecule has 0 saturated heterocycles. The van der Waals surface area contributed by atoms with Crippen molar-refractivity contribution in [2.75, 3.05) is 7.11 Å². The van der Waals surface area contributed by atoms with Crippen LogP contribution in [0.4, 0.5) is 0 Å². The van der Waals surface area contributed by atoms with E-state index in [2.05, 4.69) is 6.07 Å². The minimum Gasteiger partial charge on any atom is -0.497 e. The summed E-state index contributed by atoms with van der Waals surface area (Å²) in [5.74, 6) is 0.769. The van der Waals surface area contributed by atoms with Crippen molar-refractivity contribution in [3.05, 3.63) is 53.6 Å². The molecule has 0 aliphatic heterocycles. The first-order valence-electron chi connectivity index (χ1n) is 4.60. The van der Waals surface area contributed by atoms with E-state index in [4.69, 9.17) is 16.3 Å². The summed E-state index contributed by atoms with van der Waals surface area (Å²) in [5.41, 5.74) is 2.16. The van der Waals surface area contributed by atoms with E-state index in [9.17, 15) is 0 Å². The van der Waals surface area contributed by atoms with Crippen LogP contribution in [0.25, 0.3) is 11.1 Å². The molecule has 0 amide bonds. The summed E-state index contributed by atoms with van der Waals surface area (Å²) in [7, 11) is 1.63. The van der Waals surface area contributed by atoms with Gasteiger partial charge in [-0.25, -0.2) is 0 Å². The summed E-state index contributed by atoms with van der Waals surface area (Å²) in [4.78, 5) is 0. The van der Waals surface area contributed by atoms with Crippen LogP contribution in [0.15, 0.2) is 42.5 Å². The van der Waals surface area contributed by atoms with Crippen molar-refractivity contribution >= 4 is 11.6 Å². The second-order valence-electron chi connectivity index (χ2n) is 3.17. The lowest BCUT2D eigenvalue weighted by atomic mass is 10.1. The zero-order valence-corrected chi connectivity index (χ0v) is 9.08. The number of methoxy groups -OCH3 is 1. The molecule has 2 aromatic rings. The van der Waals surface area contributed by atoms with E-state index < -0.39 is 0 Å². The van der Waals surface area contributed by atoms with E-state index in [1.54, 1.807) is 13.2 Å². The zero-order valence-electron chi connectivity index (χ0n) is 8.33. The molecule has 1 radical (unpaired) electrons. The molecule has 0 atom stereocenters. The molecule has 0 saturated carbocycles. The van der Waals surface area contributed by atoms with Gasteiger partial charge in [-0.2, -0.15) is 0 Å². The van der Waals surface area contributed by atoms with Crippen LogP contribution >= 0.6 is 11.6 Å². The van der Waals surface area contributed by atoms with Crippen molar-refractivity contribution in [3.63, 3.8) is 0 Å². The highest BCUT2D eigenvalue weighted by molar-refractivity contribution is 6.31. The third-order valence-electron chi connectivity index (χ3n) is 2.16. The molecule has 0 unspecified atom stereocenters. The van der Waals surface area contributed by atoms with Crippen LogP contribution in [0.1, 0.15) is 0 Å². The number of ether oxygens (including phenoxy) is 1. The van der Waals surface area contributed by atoms with Gasteiger partial charge >= 0.3 is 0 Å². The average molecular weight is 218 g/mol. The maximum Gasteiger partial charge on any atom is 0.120 e. The van der Waals surface area contributed by atoms with Gasteiger partial charge in [-0.15, -0.1) is 0 Å². The van der Waals surface area contributed by atoms with E-state index in [0.717, 1.165) is 16.9 Å². The van der Waals surface area contributed by atoms with Crippen molar-refractivity contribution in [2.24, 2.45) is 0 Å². The largest absolute Gasteiger partial charge is 0.497 e. The predicted molar refractivity (Wildman–Crippen MR) is 62.3 cm³/mol. The van der Waals surface area contributed by atoms with Crippen molar-refractivity contribution in [3.8, 4) is 16.9 Å². The molecule has 1 nitrogen and oxygen atoms in total. The van der Waals surface area contributed by atoms with Gasteiger partial charge in [0.25, 0.3) is 0 Å². The van der Waals surface area contributed by atoms with Crippen molar-refractivity contribution < 1.29 is 4.74 Å². The Bertz CT molecular complexity index is 451. The van der Waals surface area contributed by atoms with Gasteiger partial charge < -0.3 is 4.74 Å². The third kappa shape index (κ3) is 2.31. The second kappa shape index (κ2) is 4.37. The molecule has 0 spiro atoms. The van der Waals surface area contributed by atoms with E-state index in [1.807, 2.05) is 36.4 Å². The number of hydrogen-bond acceptors (Lipinski definition) is 1. The first-order chi connectivity index (χ1) is 7.29. The molecule has 2 rings (SSSR count). The first kappa shape index (κ1) is 10.1. The van der Waals surface area contributed by atoms with Gasteiger partial charge in [0.2, 0.25) is 0 Å². The lowest BCUT2D eigenvalue weighted by Gasteiger charge is -2.05. The normalized spacial score (nSPS) is 10.0. The highest BCUT2D eigenvalue weighted by Gasteiger charge is 2.01. The van der Waals surface area contributed by atoms with Gasteiger partial charge in [0, 0.05) is 5.02 Å². The summed E-state index contributed by atoms with van der Waals surface area (Å²) in [5, 5.41) is 0.678. The molecule has 0 aromatic heterocycles. The van der Waals surface area contributed by atoms with Gasteiger partial charge in [0.1, 0.15) is 5.75 Å². The number of rotatable bonds is 2. The van der Waals surface area contributed by atoms with E-state index in [1.165, 1.54) is 0 Å². The minimum absolute atomic E-state index is 0.678. The Morgan fingerprint density at radius 2 is 1.80 bits per heavy atom. The second-order valence-corrected chi connectivity index (χ2v) is 3.60. The van der Waals surface area contributed by atoms with E-state index in [0.29, 0.717) is 5.02 Å². The quantitative estimate of drug-likeness (QED) is 0.743. The summed E-state index contributed by atoms with van der Waals surface area (Å²) in [6, 6.07) is 16.4. The highest BCUT2D eigenvalue weighted by atomic mass is 35.5. The first-order valence-corrected chi connectivity index (χ1v) is 4.98. The molecule has 0 fully saturated rings. The smallest absolute Gasteiger partial charge is 0.120 e. The van der Waals surface area contributed by atoms with Crippen LogP contribution in [-0.2, 0) is 0 Å². The Labute approximate surface area is 94.3 Å². The molecule has 0 aliphatic carbocycles. The van der Waals surface area contributed by atoms with Crippen LogP contribution in [0.2, 0.25) is 5.02 Å². The molecule has 75 valence electrons. The Hall–Kier alpha value is -1.47. The fraction of sp³-hybridized carbons (Fsp3) is 0.0769. The monoisotopic (exact) mass is 217 g/mol. The molecule has 0 N–H and O–H groups in total. The summed E-state index contributed by atoms with van der Waals surface area (Å²) in [6.45, 7) is 0. The molecule has 0 heterocycles. The fourth-order valence-corrected chi connectivity index (χ4v) is 1.65. The van der Waals surface area contributed by atoms with Crippen LogP contribution in [0.5, 0.6) is 5.75 Å². The van der Waals surface area contributed by atoms with Gasteiger partial charge in [-0.3, -0.25) is 0 Å². The van der Waals surface area contributed by atoms with Crippen molar-refractivity contribution in [1.29, 1.82) is 0 Å². The summed E-state index contributed by atoms with van der Waals surface area (Å²) >= 11 is 5.99. The Kier molecular flexibility index (Phi) is 2.93. The number of halogens is 1. The maximum absolute atomic E-state index is 5.99. The predicted octanol–water partition coefficient (Wildman–Crippen LogP) is 3.82. The van der Waals surface area contributed by atoms with Crippen LogP contribution in [0, 0.1) is 6.07 Å². The molecular weight excluding hydrogens is 208 g/mol. The van der Waals surface area contributed by atoms with Crippen LogP contribution in [0.3, 0.4) is 0 Å². The Balaban J connectivity index is 2.49. The van der Waals surface area contributed by atoms with E-state index >= 15 is 0 Å². The molecule has 2 aromatic carbocycles. The van der Waals surface area contributed by atoms with E-state index in [-0.39, 0.29) is 0 Å². The molecule has 15 heavy (non-hydrogen) atoms. The molecular formula is C13H10ClO. The lowest BCUT2D eigenvalue weighted by molar-refractivity contribution is 0.415. The van der Waals surface area contributed by atoms with Crippen molar-refractivity contribution in [1.82, 2.24) is 0 Å². The topological polar surface area (TPSA) is 9.23 Å². The highest BCUT2D eigenvalue weighted by Crippen LogP contribution is 2.27. The molecule has 0 bridgehead atoms. The number of hydrogen-bond donors (Lipinski definition) is 0. The summed E-state index contributed by atoms with van der Waals surface area (Å²) in [6.07, 6.45) is 0. The van der Waals surface area contributed by atoms with Gasteiger partial charge in [-0.05, 0) is 35.4 Å². The molecule has 2 heteroatoms. The van der Waals surface area contributed by atoms with Gasteiger partial charge in [0.15, 0.2) is 0 Å². The van der Waals surface area contributed by atoms with Gasteiger partial charge in [0.05, 0.1) is 7.11 Å². The summed E-state index contributed by atoms with van der Waals surface area (Å²) < 4.78 is 5.16. The Morgan fingerprint density at radius 3 is 2.47 bits per heavy atom. The van der Waals surface area contributed by atoms with Crippen LogP contribution < -0.4 is 4.74 Å². The van der Waals surface area contributed by atoms with Gasteiger partial charge in [-0.1, -0.05) is 35.9 Å². The SMILES string of the molecule is COc1cc(Cl)cc(-c2cc[c]cc2)c1.